The number of hydrogen-bond acceptors (Lipinski definition) is 4. The van der Waals surface area contributed by atoms with Gasteiger partial charge in [-0.2, -0.15) is 0 Å². The Morgan fingerprint density at radius 1 is 1.03 bits per heavy atom. The zero-order valence-electron chi connectivity index (χ0n) is 18.7. The van der Waals surface area contributed by atoms with Gasteiger partial charge in [-0.15, -0.1) is 0 Å². The van der Waals surface area contributed by atoms with Crippen molar-refractivity contribution in [2.75, 3.05) is 32.8 Å². The van der Waals surface area contributed by atoms with E-state index in [0.29, 0.717) is 30.5 Å². The molecule has 0 aliphatic carbocycles. The maximum absolute atomic E-state index is 13.3. The lowest BCUT2D eigenvalue weighted by molar-refractivity contribution is -0.127. The number of aliphatic hydroxyl groups excluding tert-OH is 1. The van der Waals surface area contributed by atoms with Gasteiger partial charge in [-0.1, -0.05) is 0 Å². The van der Waals surface area contributed by atoms with Gasteiger partial charge in [0.2, 0.25) is 5.91 Å². The van der Waals surface area contributed by atoms with Gasteiger partial charge in [0.15, 0.2) is 0 Å². The molecule has 1 aromatic carbocycles. The molecule has 176 valence electrons. The Kier molecular flexibility index (Phi) is 7.83. The fourth-order valence-corrected chi connectivity index (χ4v) is 5.21. The number of hydrogen-bond donors (Lipinski definition) is 1. The van der Waals surface area contributed by atoms with Gasteiger partial charge >= 0.3 is 0 Å². The number of aromatic nitrogens is 1. The number of amides is 1. The van der Waals surface area contributed by atoms with E-state index in [2.05, 4.69) is 22.0 Å². The SMILES string of the molecule is O=C(/C=C/c1cc(F)cc(F)c1)N1CCC(C(CO)N2CCC(c3ccncc3)CC2)CC1. The van der Waals surface area contributed by atoms with Crippen LogP contribution >= 0.6 is 0 Å². The Morgan fingerprint density at radius 3 is 2.27 bits per heavy atom. The molecule has 5 nitrogen and oxygen atoms in total. The molecule has 1 atom stereocenters. The van der Waals surface area contributed by atoms with Crippen molar-refractivity contribution in [1.82, 2.24) is 14.8 Å². The average molecular weight is 456 g/mol. The summed E-state index contributed by atoms with van der Waals surface area (Å²) in [6, 6.07) is 7.51. The number of halogens is 2. The summed E-state index contributed by atoms with van der Waals surface area (Å²) in [5.74, 6) is -0.596. The average Bonchev–Trinajstić information content (AvgIpc) is 2.84. The fourth-order valence-electron chi connectivity index (χ4n) is 5.21. The maximum atomic E-state index is 13.3. The molecule has 0 bridgehead atoms. The van der Waals surface area contributed by atoms with E-state index in [0.717, 1.165) is 44.8 Å². The minimum Gasteiger partial charge on any atom is -0.395 e. The highest BCUT2D eigenvalue weighted by Crippen LogP contribution is 2.32. The number of nitrogens with zero attached hydrogens (tertiary/aromatic N) is 3. The first-order valence-corrected chi connectivity index (χ1v) is 11.7. The standard InChI is InChI=1S/C26H31F2N3O2/c27-23-15-19(16-24(28)17-23)1-2-26(33)31-13-7-22(8-14-31)25(18-32)30-11-5-21(6-12-30)20-3-9-29-10-4-20/h1-4,9-10,15-17,21-22,25,32H,5-8,11-14,18H2/b2-1+. The van der Waals surface area contributed by atoms with Crippen molar-refractivity contribution < 1.29 is 18.7 Å². The summed E-state index contributed by atoms with van der Waals surface area (Å²) in [7, 11) is 0. The van der Waals surface area contributed by atoms with Crippen LogP contribution in [-0.4, -0.2) is 64.6 Å². The lowest BCUT2D eigenvalue weighted by Gasteiger charge is -2.43. The first kappa shape index (κ1) is 23.5. The highest BCUT2D eigenvalue weighted by atomic mass is 19.1. The highest BCUT2D eigenvalue weighted by molar-refractivity contribution is 5.91. The van der Waals surface area contributed by atoms with E-state index in [-0.39, 0.29) is 18.6 Å². The van der Waals surface area contributed by atoms with Gasteiger partial charge in [0.25, 0.3) is 0 Å². The van der Waals surface area contributed by atoms with Crippen LogP contribution in [0.25, 0.3) is 6.08 Å². The lowest BCUT2D eigenvalue weighted by Crippen LogP contribution is -2.50. The van der Waals surface area contributed by atoms with E-state index in [9.17, 15) is 18.7 Å². The van der Waals surface area contributed by atoms with E-state index < -0.39 is 11.6 Å². The third-order valence-electron chi connectivity index (χ3n) is 7.06. The van der Waals surface area contributed by atoms with Gasteiger partial charge in [0, 0.05) is 43.7 Å². The third-order valence-corrected chi connectivity index (χ3v) is 7.06. The zero-order valence-corrected chi connectivity index (χ0v) is 18.7. The number of pyridine rings is 1. The second-order valence-corrected chi connectivity index (χ2v) is 9.04. The number of benzene rings is 1. The monoisotopic (exact) mass is 455 g/mol. The van der Waals surface area contributed by atoms with E-state index in [4.69, 9.17) is 0 Å². The van der Waals surface area contributed by atoms with Crippen molar-refractivity contribution in [3.63, 3.8) is 0 Å². The summed E-state index contributed by atoms with van der Waals surface area (Å²) in [5.41, 5.74) is 1.66. The molecule has 2 aliphatic heterocycles. The number of carbonyl (C=O) groups excluding carboxylic acids is 1. The topological polar surface area (TPSA) is 56.7 Å². The molecule has 33 heavy (non-hydrogen) atoms. The molecule has 4 rings (SSSR count). The van der Waals surface area contributed by atoms with Crippen LogP contribution in [0.5, 0.6) is 0 Å². The summed E-state index contributed by atoms with van der Waals surface area (Å²) in [4.78, 5) is 20.8. The zero-order chi connectivity index (χ0) is 23.2. The van der Waals surface area contributed by atoms with Crippen molar-refractivity contribution in [3.8, 4) is 0 Å². The van der Waals surface area contributed by atoms with Crippen LogP contribution in [0.1, 0.15) is 42.7 Å². The summed E-state index contributed by atoms with van der Waals surface area (Å²) >= 11 is 0. The van der Waals surface area contributed by atoms with E-state index in [1.54, 1.807) is 4.90 Å². The van der Waals surface area contributed by atoms with Crippen LogP contribution < -0.4 is 0 Å². The molecule has 2 saturated heterocycles. The van der Waals surface area contributed by atoms with E-state index in [1.807, 2.05) is 12.4 Å². The van der Waals surface area contributed by atoms with Gasteiger partial charge < -0.3 is 10.0 Å². The highest BCUT2D eigenvalue weighted by Gasteiger charge is 2.33. The van der Waals surface area contributed by atoms with Crippen LogP contribution in [0.15, 0.2) is 48.8 Å². The number of piperidine rings is 2. The predicted molar refractivity (Wildman–Crippen MR) is 123 cm³/mol. The molecule has 2 fully saturated rings. The number of rotatable bonds is 6. The Hall–Kier alpha value is -2.64. The quantitative estimate of drug-likeness (QED) is 0.673. The Morgan fingerprint density at radius 2 is 1.67 bits per heavy atom. The molecule has 0 saturated carbocycles. The fraction of sp³-hybridized carbons (Fsp3) is 0.462. The maximum Gasteiger partial charge on any atom is 0.246 e. The number of carbonyl (C=O) groups is 1. The largest absolute Gasteiger partial charge is 0.395 e. The molecule has 1 aromatic heterocycles. The van der Waals surface area contributed by atoms with Crippen molar-refractivity contribution >= 4 is 12.0 Å². The molecule has 2 aromatic rings. The molecule has 3 heterocycles. The molecule has 0 radical (unpaired) electrons. The summed E-state index contributed by atoms with van der Waals surface area (Å²) in [6.45, 7) is 3.29. The van der Waals surface area contributed by atoms with E-state index in [1.165, 1.54) is 29.8 Å². The molecule has 7 heteroatoms. The Balaban J connectivity index is 1.27. The normalized spacial score (nSPS) is 19.8. The molecular formula is C26H31F2N3O2. The number of likely N-dealkylation sites (tertiary alicyclic amines) is 2. The second kappa shape index (κ2) is 11.0. The first-order valence-electron chi connectivity index (χ1n) is 11.7. The second-order valence-electron chi connectivity index (χ2n) is 9.04. The molecule has 2 aliphatic rings. The Labute approximate surface area is 193 Å². The van der Waals surface area contributed by atoms with E-state index >= 15 is 0 Å². The van der Waals surface area contributed by atoms with Crippen LogP contribution in [0.3, 0.4) is 0 Å². The molecule has 0 spiro atoms. The smallest absolute Gasteiger partial charge is 0.246 e. The molecule has 1 amide bonds. The lowest BCUT2D eigenvalue weighted by atomic mass is 9.85. The van der Waals surface area contributed by atoms with Gasteiger partial charge in [0.05, 0.1) is 6.61 Å². The predicted octanol–water partition coefficient (Wildman–Crippen LogP) is 3.85. The number of aliphatic hydroxyl groups is 1. The molecule has 1 N–H and O–H groups in total. The van der Waals surface area contributed by atoms with Crippen molar-refractivity contribution in [2.24, 2.45) is 5.92 Å². The molecular weight excluding hydrogens is 424 g/mol. The van der Waals surface area contributed by atoms with Crippen molar-refractivity contribution in [3.05, 3.63) is 71.6 Å². The summed E-state index contributed by atoms with van der Waals surface area (Å²) in [6.07, 6.45) is 10.3. The Bertz CT molecular complexity index is 933. The van der Waals surface area contributed by atoms with Crippen LogP contribution in [0.2, 0.25) is 0 Å². The van der Waals surface area contributed by atoms with Crippen LogP contribution in [-0.2, 0) is 4.79 Å². The van der Waals surface area contributed by atoms with Gasteiger partial charge in [-0.25, -0.2) is 8.78 Å². The first-order chi connectivity index (χ1) is 16.0. The minimum absolute atomic E-state index is 0.117. The van der Waals surface area contributed by atoms with Crippen molar-refractivity contribution in [2.45, 2.75) is 37.6 Å². The third kappa shape index (κ3) is 6.03. The van der Waals surface area contributed by atoms with Gasteiger partial charge in [-0.3, -0.25) is 14.7 Å². The van der Waals surface area contributed by atoms with Gasteiger partial charge in [-0.05, 0) is 92.1 Å². The molecule has 1 unspecified atom stereocenters. The summed E-state index contributed by atoms with van der Waals surface area (Å²) in [5, 5.41) is 10.1. The van der Waals surface area contributed by atoms with Crippen molar-refractivity contribution in [1.29, 1.82) is 0 Å². The van der Waals surface area contributed by atoms with Crippen LogP contribution in [0.4, 0.5) is 8.78 Å². The van der Waals surface area contributed by atoms with Gasteiger partial charge in [0.1, 0.15) is 11.6 Å². The summed E-state index contributed by atoms with van der Waals surface area (Å²) < 4.78 is 26.6. The minimum atomic E-state index is -0.664. The van der Waals surface area contributed by atoms with Crippen LogP contribution in [0, 0.1) is 17.6 Å².